The Hall–Kier alpha value is -0.650. The minimum Gasteiger partial charge on any atom is -0.356 e. The number of benzene rings is 1. The third kappa shape index (κ3) is 2.21. The van der Waals surface area contributed by atoms with Crippen molar-refractivity contribution in [2.24, 2.45) is 5.92 Å². The van der Waals surface area contributed by atoms with Crippen molar-refractivity contribution in [3.8, 4) is 0 Å². The average Bonchev–Trinajstić information content (AvgIpc) is 3.07. The maximum absolute atomic E-state index is 14.9. The van der Waals surface area contributed by atoms with Crippen LogP contribution in [0.15, 0.2) is 10.7 Å². The fraction of sp³-hybridized carbons (Fsp3) is 0.562. The zero-order valence-electron chi connectivity index (χ0n) is 12.3. The van der Waals surface area contributed by atoms with Gasteiger partial charge in [-0.25, -0.2) is 9.07 Å². The Kier molecular flexibility index (Phi) is 3.70. The number of nitrogens with zero attached hydrogens (tertiary/aromatic N) is 2. The quantitative estimate of drug-likeness (QED) is 0.644. The normalized spacial score (nSPS) is 28.3. The number of halogens is 3. The number of rotatable bonds is 2. The van der Waals surface area contributed by atoms with Gasteiger partial charge in [-0.15, -0.1) is 0 Å². The smallest absolute Gasteiger partial charge is 0.168 e. The molecule has 1 unspecified atom stereocenters. The van der Waals surface area contributed by atoms with E-state index in [1.54, 1.807) is 10.9 Å². The fourth-order valence-corrected chi connectivity index (χ4v) is 4.61. The molecule has 1 aliphatic heterocycles. The molecule has 22 heavy (non-hydrogen) atoms. The summed E-state index contributed by atoms with van der Waals surface area (Å²) in [7, 11) is 0. The van der Waals surface area contributed by atoms with E-state index in [0.717, 1.165) is 41.1 Å². The molecule has 118 valence electrons. The standard InChI is InChI=1S/C16H17BrClFN2O/c1-8-6-9(8)12-13(17)10-7-20-21(11-4-2-3-5-22-11)16(10)15(19)14(12)18/h7-9,11H,2-6H2,1H3/t8-,9+,11?/m0/s1. The van der Waals surface area contributed by atoms with Crippen LogP contribution in [0, 0.1) is 11.7 Å². The molecule has 0 radical (unpaired) electrons. The predicted molar refractivity (Wildman–Crippen MR) is 87.8 cm³/mol. The van der Waals surface area contributed by atoms with Gasteiger partial charge in [-0.3, -0.25) is 0 Å². The van der Waals surface area contributed by atoms with Crippen molar-refractivity contribution in [1.29, 1.82) is 0 Å². The Bertz CT molecular complexity index is 742. The highest BCUT2D eigenvalue weighted by molar-refractivity contribution is 9.10. The Morgan fingerprint density at radius 1 is 1.45 bits per heavy atom. The van der Waals surface area contributed by atoms with Crippen LogP contribution >= 0.6 is 27.5 Å². The van der Waals surface area contributed by atoms with Crippen molar-refractivity contribution in [2.45, 2.75) is 44.8 Å². The minimum atomic E-state index is -0.374. The zero-order chi connectivity index (χ0) is 15.4. The van der Waals surface area contributed by atoms with Crippen LogP contribution in [0.3, 0.4) is 0 Å². The molecule has 0 N–H and O–H groups in total. The maximum atomic E-state index is 14.9. The Morgan fingerprint density at radius 3 is 2.86 bits per heavy atom. The van der Waals surface area contributed by atoms with E-state index in [0.29, 0.717) is 24.0 Å². The molecule has 0 amide bonds. The number of hydrogen-bond acceptors (Lipinski definition) is 2. The second-order valence-electron chi connectivity index (χ2n) is 6.35. The van der Waals surface area contributed by atoms with Crippen molar-refractivity contribution in [3.63, 3.8) is 0 Å². The molecule has 2 aliphatic rings. The molecule has 4 rings (SSSR count). The van der Waals surface area contributed by atoms with E-state index in [1.165, 1.54) is 0 Å². The summed E-state index contributed by atoms with van der Waals surface area (Å²) < 4.78 is 23.2. The van der Waals surface area contributed by atoms with E-state index in [-0.39, 0.29) is 17.1 Å². The van der Waals surface area contributed by atoms with Crippen LogP contribution in [0.2, 0.25) is 5.02 Å². The third-order valence-corrected chi connectivity index (χ3v) is 6.04. The summed E-state index contributed by atoms with van der Waals surface area (Å²) >= 11 is 9.99. The van der Waals surface area contributed by atoms with Crippen molar-refractivity contribution in [1.82, 2.24) is 9.78 Å². The van der Waals surface area contributed by atoms with Crippen LogP contribution < -0.4 is 0 Å². The molecule has 3 nitrogen and oxygen atoms in total. The largest absolute Gasteiger partial charge is 0.356 e. The summed E-state index contributed by atoms with van der Waals surface area (Å²) in [5.41, 5.74) is 1.34. The van der Waals surface area contributed by atoms with E-state index >= 15 is 0 Å². The lowest BCUT2D eigenvalue weighted by Gasteiger charge is -2.24. The molecule has 2 fully saturated rings. The van der Waals surface area contributed by atoms with E-state index < -0.39 is 0 Å². The van der Waals surface area contributed by atoms with Gasteiger partial charge in [-0.2, -0.15) is 5.10 Å². The highest BCUT2D eigenvalue weighted by Crippen LogP contribution is 2.53. The van der Waals surface area contributed by atoms with Crippen molar-refractivity contribution < 1.29 is 9.13 Å². The lowest BCUT2D eigenvalue weighted by molar-refractivity contribution is -0.0369. The first-order valence-electron chi connectivity index (χ1n) is 7.74. The van der Waals surface area contributed by atoms with Gasteiger partial charge in [0.25, 0.3) is 0 Å². The summed E-state index contributed by atoms with van der Waals surface area (Å²) in [6.45, 7) is 2.86. The van der Waals surface area contributed by atoms with Gasteiger partial charge >= 0.3 is 0 Å². The monoisotopic (exact) mass is 386 g/mol. The molecule has 2 aromatic rings. The summed E-state index contributed by atoms with van der Waals surface area (Å²) in [6.07, 6.45) is 5.55. The second kappa shape index (κ2) is 5.46. The second-order valence-corrected chi connectivity index (χ2v) is 7.52. The van der Waals surface area contributed by atoms with Crippen LogP contribution in [0.5, 0.6) is 0 Å². The topological polar surface area (TPSA) is 27.1 Å². The van der Waals surface area contributed by atoms with Gasteiger partial charge in [0.05, 0.1) is 11.2 Å². The molecule has 1 saturated heterocycles. The van der Waals surface area contributed by atoms with E-state index in [9.17, 15) is 4.39 Å². The maximum Gasteiger partial charge on any atom is 0.168 e. The molecule has 3 atom stereocenters. The predicted octanol–water partition coefficient (Wildman–Crippen LogP) is 5.41. The van der Waals surface area contributed by atoms with Crippen LogP contribution in [0.4, 0.5) is 4.39 Å². The lowest BCUT2D eigenvalue weighted by atomic mass is 10.1. The Balaban J connectivity index is 1.89. The first-order valence-corrected chi connectivity index (χ1v) is 8.92. The molecule has 0 spiro atoms. The first-order chi connectivity index (χ1) is 10.6. The molecular formula is C16H17BrClFN2O. The minimum absolute atomic E-state index is 0.200. The SMILES string of the molecule is C[C@H]1C[C@H]1c1c(Cl)c(F)c2c(cnn2C2CCCCO2)c1Br. The number of fused-ring (bicyclic) bond motifs is 1. The fourth-order valence-electron chi connectivity index (χ4n) is 3.39. The van der Waals surface area contributed by atoms with Gasteiger partial charge in [0.2, 0.25) is 0 Å². The van der Waals surface area contributed by atoms with Crippen molar-refractivity contribution >= 4 is 38.4 Å². The lowest BCUT2D eigenvalue weighted by Crippen LogP contribution is -2.19. The molecule has 6 heteroatoms. The number of ether oxygens (including phenoxy) is 1. The van der Waals surface area contributed by atoms with Gasteiger partial charge in [-0.1, -0.05) is 18.5 Å². The van der Waals surface area contributed by atoms with Crippen LogP contribution in [-0.2, 0) is 4.74 Å². The molecule has 0 bridgehead atoms. The highest BCUT2D eigenvalue weighted by Gasteiger charge is 2.39. The van der Waals surface area contributed by atoms with Crippen LogP contribution in [-0.4, -0.2) is 16.4 Å². The van der Waals surface area contributed by atoms with Crippen LogP contribution in [0.25, 0.3) is 10.9 Å². The summed E-state index contributed by atoms with van der Waals surface area (Å²) in [6, 6.07) is 0. The molecule has 1 saturated carbocycles. The Labute approximate surface area is 141 Å². The summed E-state index contributed by atoms with van der Waals surface area (Å²) in [5.74, 6) is 0.526. The van der Waals surface area contributed by atoms with Crippen LogP contribution in [0.1, 0.15) is 50.3 Å². The van der Waals surface area contributed by atoms with Crippen molar-refractivity contribution in [2.75, 3.05) is 6.61 Å². The summed E-state index contributed by atoms with van der Waals surface area (Å²) in [5, 5.41) is 5.40. The van der Waals surface area contributed by atoms with E-state index in [1.807, 2.05) is 0 Å². The highest BCUT2D eigenvalue weighted by atomic mass is 79.9. The molecular weight excluding hydrogens is 371 g/mol. The molecule has 1 aliphatic carbocycles. The third-order valence-electron chi connectivity index (χ3n) is 4.81. The van der Waals surface area contributed by atoms with Gasteiger partial charge in [-0.05, 0) is 59.0 Å². The summed E-state index contributed by atoms with van der Waals surface area (Å²) in [4.78, 5) is 0. The van der Waals surface area contributed by atoms with E-state index in [2.05, 4.69) is 28.0 Å². The number of hydrogen-bond donors (Lipinski definition) is 0. The van der Waals surface area contributed by atoms with E-state index in [4.69, 9.17) is 16.3 Å². The average molecular weight is 388 g/mol. The number of aromatic nitrogens is 2. The van der Waals surface area contributed by atoms with Gasteiger partial charge in [0.1, 0.15) is 5.52 Å². The van der Waals surface area contributed by atoms with Gasteiger partial charge in [0, 0.05) is 16.5 Å². The van der Waals surface area contributed by atoms with Gasteiger partial charge in [0.15, 0.2) is 12.0 Å². The van der Waals surface area contributed by atoms with Gasteiger partial charge < -0.3 is 4.74 Å². The Morgan fingerprint density at radius 2 is 2.23 bits per heavy atom. The zero-order valence-corrected chi connectivity index (χ0v) is 14.6. The molecule has 2 heterocycles. The van der Waals surface area contributed by atoms with Crippen molar-refractivity contribution in [3.05, 3.63) is 27.1 Å². The molecule has 1 aromatic heterocycles. The first kappa shape index (κ1) is 14.9. The molecule has 1 aromatic carbocycles.